The fourth-order valence-electron chi connectivity index (χ4n) is 2.83. The van der Waals surface area contributed by atoms with Crippen LogP contribution in [-0.2, 0) is 7.05 Å². The Balaban J connectivity index is 1.90. The summed E-state index contributed by atoms with van der Waals surface area (Å²) in [6, 6.07) is 19.6. The van der Waals surface area contributed by atoms with Gasteiger partial charge in [-0.05, 0) is 36.7 Å². The zero-order valence-electron chi connectivity index (χ0n) is 15.7. The van der Waals surface area contributed by atoms with E-state index >= 15 is 0 Å². The Bertz CT molecular complexity index is 1080. The van der Waals surface area contributed by atoms with E-state index in [1.54, 1.807) is 17.8 Å². The summed E-state index contributed by atoms with van der Waals surface area (Å²) in [5.74, 6) is 0.0980. The summed E-state index contributed by atoms with van der Waals surface area (Å²) < 4.78 is 24.8. The first-order chi connectivity index (χ1) is 12.4. The number of hydrogen-bond donors (Lipinski definition) is 0. The summed E-state index contributed by atoms with van der Waals surface area (Å²) in [7, 11) is 1.74. The van der Waals surface area contributed by atoms with Gasteiger partial charge in [0.05, 0.1) is 16.7 Å². The maximum Gasteiger partial charge on any atom is 0.106 e. The molecule has 0 saturated carbocycles. The molecule has 112 valence electrons. The fourth-order valence-corrected chi connectivity index (χ4v) is 2.83. The van der Waals surface area contributed by atoms with E-state index in [0.717, 1.165) is 27.9 Å². The molecule has 3 heteroatoms. The number of aryl methyl sites for hydroxylation is 2. The van der Waals surface area contributed by atoms with Crippen LogP contribution in [0.4, 0.5) is 0 Å². The maximum absolute atomic E-state index is 7.71. The summed E-state index contributed by atoms with van der Waals surface area (Å²) in [5.41, 5.74) is 5.29. The molecule has 0 N–H and O–H groups in total. The molecule has 0 atom stereocenters. The third-order valence-electron chi connectivity index (χ3n) is 4.05. The van der Waals surface area contributed by atoms with Crippen molar-refractivity contribution in [3.05, 3.63) is 72.7 Å². The predicted molar refractivity (Wildman–Crippen MR) is 94.1 cm³/mol. The molecule has 2 aromatic heterocycles. The highest BCUT2D eigenvalue weighted by Gasteiger charge is 2.10. The van der Waals surface area contributed by atoms with Crippen LogP contribution < -0.4 is 0 Å². The van der Waals surface area contributed by atoms with Crippen LogP contribution in [-0.4, -0.2) is 14.5 Å². The number of pyridine rings is 1. The standard InChI is InChI=1S/C20H17N3/c1-14-22-20-17(9-6-11-19(20)23(14)2)15-7-5-8-16(13-15)18-10-3-4-12-21-18/h3-13H,1-2H3/i1D3. The average Bonchev–Trinajstić information content (AvgIpc) is 3.00. The minimum absolute atomic E-state index is 0.0980. The number of benzene rings is 2. The molecule has 0 bridgehead atoms. The number of rotatable bonds is 2. The van der Waals surface area contributed by atoms with E-state index in [1.165, 1.54) is 0 Å². The Labute approximate surface area is 139 Å². The Morgan fingerprint density at radius 1 is 0.957 bits per heavy atom. The first-order valence-corrected chi connectivity index (χ1v) is 7.43. The van der Waals surface area contributed by atoms with E-state index in [1.807, 2.05) is 54.6 Å². The van der Waals surface area contributed by atoms with Crippen molar-refractivity contribution in [1.82, 2.24) is 14.5 Å². The van der Waals surface area contributed by atoms with Crippen molar-refractivity contribution < 1.29 is 4.11 Å². The van der Waals surface area contributed by atoms with Crippen LogP contribution in [0, 0.1) is 6.85 Å². The van der Waals surface area contributed by atoms with Gasteiger partial charge in [-0.1, -0.05) is 36.4 Å². The summed E-state index contributed by atoms with van der Waals surface area (Å²) in [4.78, 5) is 8.85. The zero-order chi connectivity index (χ0) is 18.3. The SMILES string of the molecule is [2H]C([2H])([2H])c1nc2c(-c3cccc(-c4ccccn4)c3)cccc2n1C. The van der Waals surface area contributed by atoms with Crippen LogP contribution in [0.3, 0.4) is 0 Å². The largest absolute Gasteiger partial charge is 0.331 e. The van der Waals surface area contributed by atoms with Gasteiger partial charge in [0.15, 0.2) is 0 Å². The van der Waals surface area contributed by atoms with Crippen LogP contribution in [0.15, 0.2) is 66.9 Å². The number of hydrogen-bond acceptors (Lipinski definition) is 2. The van der Waals surface area contributed by atoms with Gasteiger partial charge in [0.2, 0.25) is 0 Å². The number of fused-ring (bicyclic) bond motifs is 1. The molecule has 0 aliphatic rings. The van der Waals surface area contributed by atoms with E-state index in [4.69, 9.17) is 4.11 Å². The van der Waals surface area contributed by atoms with Gasteiger partial charge in [0.25, 0.3) is 0 Å². The van der Waals surface area contributed by atoms with Gasteiger partial charge in [0, 0.05) is 28.5 Å². The molecule has 2 heterocycles. The molecule has 0 amide bonds. The van der Waals surface area contributed by atoms with Crippen molar-refractivity contribution in [2.75, 3.05) is 0 Å². The van der Waals surface area contributed by atoms with Crippen molar-refractivity contribution in [1.29, 1.82) is 0 Å². The van der Waals surface area contributed by atoms with E-state index < -0.39 is 6.85 Å². The Hall–Kier alpha value is -2.94. The van der Waals surface area contributed by atoms with Crippen LogP contribution in [0.25, 0.3) is 33.4 Å². The van der Waals surface area contributed by atoms with Crippen molar-refractivity contribution in [3.63, 3.8) is 0 Å². The lowest BCUT2D eigenvalue weighted by Gasteiger charge is -2.06. The van der Waals surface area contributed by atoms with Gasteiger partial charge in [-0.3, -0.25) is 4.98 Å². The van der Waals surface area contributed by atoms with Gasteiger partial charge in [-0.25, -0.2) is 4.98 Å². The highest BCUT2D eigenvalue weighted by atomic mass is 15.0. The van der Waals surface area contributed by atoms with Crippen molar-refractivity contribution >= 4 is 11.0 Å². The lowest BCUT2D eigenvalue weighted by Crippen LogP contribution is -1.89. The normalized spacial score (nSPS) is 13.5. The quantitative estimate of drug-likeness (QED) is 0.541. The van der Waals surface area contributed by atoms with Crippen LogP contribution in [0.2, 0.25) is 0 Å². The van der Waals surface area contributed by atoms with Gasteiger partial charge < -0.3 is 4.57 Å². The lowest BCUT2D eigenvalue weighted by atomic mass is 10.0. The van der Waals surface area contributed by atoms with Crippen molar-refractivity contribution in [3.8, 4) is 22.4 Å². The highest BCUT2D eigenvalue weighted by molar-refractivity contribution is 5.93. The molecule has 4 aromatic rings. The minimum Gasteiger partial charge on any atom is -0.331 e. The minimum atomic E-state index is -2.25. The second-order valence-electron chi connectivity index (χ2n) is 5.46. The number of imidazole rings is 1. The number of nitrogens with zero attached hydrogens (tertiary/aromatic N) is 3. The molecule has 0 aliphatic carbocycles. The van der Waals surface area contributed by atoms with E-state index in [9.17, 15) is 0 Å². The molecular weight excluding hydrogens is 282 g/mol. The molecule has 0 aliphatic heterocycles. The van der Waals surface area contributed by atoms with E-state index in [2.05, 4.69) is 16.0 Å². The van der Waals surface area contributed by atoms with Crippen LogP contribution in [0.5, 0.6) is 0 Å². The molecule has 0 spiro atoms. The van der Waals surface area contributed by atoms with E-state index in [-0.39, 0.29) is 5.82 Å². The Kier molecular flexibility index (Phi) is 2.50. The molecule has 2 aromatic carbocycles. The molecule has 23 heavy (non-hydrogen) atoms. The number of para-hydroxylation sites is 1. The molecule has 4 rings (SSSR count). The summed E-state index contributed by atoms with van der Waals surface area (Å²) >= 11 is 0. The van der Waals surface area contributed by atoms with Crippen LogP contribution in [0.1, 0.15) is 9.94 Å². The first-order valence-electron chi connectivity index (χ1n) is 8.93. The fraction of sp³-hybridized carbons (Fsp3) is 0.100. The summed E-state index contributed by atoms with van der Waals surface area (Å²) in [6.07, 6.45) is 1.77. The van der Waals surface area contributed by atoms with Crippen molar-refractivity contribution in [2.24, 2.45) is 7.05 Å². The third-order valence-corrected chi connectivity index (χ3v) is 4.05. The average molecular weight is 302 g/mol. The smallest absolute Gasteiger partial charge is 0.106 e. The Morgan fingerprint density at radius 3 is 2.65 bits per heavy atom. The first kappa shape index (κ1) is 10.7. The third kappa shape index (κ3) is 2.30. The highest BCUT2D eigenvalue weighted by Crippen LogP contribution is 2.30. The summed E-state index contributed by atoms with van der Waals surface area (Å²) in [5, 5.41) is 0. The van der Waals surface area contributed by atoms with Gasteiger partial charge in [0.1, 0.15) is 5.82 Å². The molecular formula is C20H17N3. The van der Waals surface area contributed by atoms with Gasteiger partial charge in [-0.15, -0.1) is 0 Å². The van der Waals surface area contributed by atoms with E-state index in [0.29, 0.717) is 5.52 Å². The molecule has 0 fully saturated rings. The Morgan fingerprint density at radius 2 is 1.83 bits per heavy atom. The lowest BCUT2D eigenvalue weighted by molar-refractivity contribution is 0.886. The molecule has 0 saturated heterocycles. The van der Waals surface area contributed by atoms with Crippen molar-refractivity contribution in [2.45, 2.75) is 6.85 Å². The number of aromatic nitrogens is 3. The van der Waals surface area contributed by atoms with Crippen LogP contribution >= 0.6 is 0 Å². The maximum atomic E-state index is 7.71. The predicted octanol–water partition coefficient (Wildman–Crippen LogP) is 4.61. The topological polar surface area (TPSA) is 30.7 Å². The second-order valence-corrected chi connectivity index (χ2v) is 5.46. The van der Waals surface area contributed by atoms with Gasteiger partial charge >= 0.3 is 0 Å². The zero-order valence-corrected chi connectivity index (χ0v) is 12.7. The molecule has 3 nitrogen and oxygen atoms in total. The molecule has 0 unspecified atom stereocenters. The second kappa shape index (κ2) is 5.36. The summed E-state index contributed by atoms with van der Waals surface area (Å²) in [6.45, 7) is -2.25. The van der Waals surface area contributed by atoms with Gasteiger partial charge in [-0.2, -0.15) is 0 Å². The molecule has 0 radical (unpaired) electrons. The monoisotopic (exact) mass is 302 g/mol.